The fraction of sp³-hybridized carbons (Fsp3) is 0.105. The minimum Gasteiger partial charge on any atom is -0.338 e. The lowest BCUT2D eigenvalue weighted by Gasteiger charge is -2.08. The summed E-state index contributed by atoms with van der Waals surface area (Å²) >= 11 is 0. The number of H-pyrrole nitrogens is 1. The number of imidazole rings is 1. The molecule has 25 heavy (non-hydrogen) atoms. The normalized spacial score (nSPS) is 11.0. The number of anilines is 1. The highest BCUT2D eigenvalue weighted by Gasteiger charge is 2.15. The van der Waals surface area contributed by atoms with Crippen molar-refractivity contribution in [3.8, 4) is 11.4 Å². The monoisotopic (exact) mass is 331 g/mol. The van der Waals surface area contributed by atoms with Crippen molar-refractivity contribution in [2.24, 2.45) is 7.05 Å². The molecule has 6 heteroatoms. The maximum Gasteiger partial charge on any atom is 0.276 e. The molecule has 0 bridgehead atoms. The number of aromatic amines is 1. The van der Waals surface area contributed by atoms with Gasteiger partial charge in [-0.3, -0.25) is 9.48 Å². The van der Waals surface area contributed by atoms with Crippen LogP contribution in [0.25, 0.3) is 22.4 Å². The van der Waals surface area contributed by atoms with Crippen LogP contribution in [0.5, 0.6) is 0 Å². The van der Waals surface area contributed by atoms with Gasteiger partial charge in [0.2, 0.25) is 0 Å². The van der Waals surface area contributed by atoms with Crippen LogP contribution in [0.1, 0.15) is 16.2 Å². The minimum absolute atomic E-state index is 0.243. The fourth-order valence-electron chi connectivity index (χ4n) is 2.74. The van der Waals surface area contributed by atoms with Crippen LogP contribution < -0.4 is 5.32 Å². The molecular weight excluding hydrogens is 314 g/mol. The quantitative estimate of drug-likeness (QED) is 0.603. The van der Waals surface area contributed by atoms with E-state index in [2.05, 4.69) is 20.4 Å². The summed E-state index contributed by atoms with van der Waals surface area (Å²) in [5.74, 6) is 0.474. The van der Waals surface area contributed by atoms with Crippen LogP contribution in [-0.4, -0.2) is 25.7 Å². The van der Waals surface area contributed by atoms with Crippen molar-refractivity contribution in [1.82, 2.24) is 19.7 Å². The Hall–Kier alpha value is -3.41. The van der Waals surface area contributed by atoms with Crippen molar-refractivity contribution in [3.63, 3.8) is 0 Å². The topological polar surface area (TPSA) is 75.6 Å². The van der Waals surface area contributed by atoms with Gasteiger partial charge in [0.1, 0.15) is 5.82 Å². The zero-order valence-electron chi connectivity index (χ0n) is 13.9. The molecule has 0 saturated heterocycles. The highest BCUT2D eigenvalue weighted by atomic mass is 16.1. The van der Waals surface area contributed by atoms with Gasteiger partial charge in [0, 0.05) is 18.3 Å². The molecule has 4 aromatic rings. The summed E-state index contributed by atoms with van der Waals surface area (Å²) in [5.41, 5.74) is 4.68. The van der Waals surface area contributed by atoms with Crippen molar-refractivity contribution in [1.29, 1.82) is 0 Å². The van der Waals surface area contributed by atoms with Gasteiger partial charge in [-0.2, -0.15) is 5.10 Å². The molecule has 0 spiro atoms. The van der Waals surface area contributed by atoms with Crippen LogP contribution in [0.4, 0.5) is 5.69 Å². The van der Waals surface area contributed by atoms with E-state index in [-0.39, 0.29) is 5.91 Å². The van der Waals surface area contributed by atoms with E-state index in [4.69, 9.17) is 0 Å². The maximum absolute atomic E-state index is 12.5. The molecule has 124 valence electrons. The molecule has 0 radical (unpaired) electrons. The first kappa shape index (κ1) is 15.1. The number of hydrogen-bond acceptors (Lipinski definition) is 3. The summed E-state index contributed by atoms with van der Waals surface area (Å²) < 4.78 is 1.68. The second-order valence-electron chi connectivity index (χ2n) is 5.90. The smallest absolute Gasteiger partial charge is 0.276 e. The molecule has 2 aromatic heterocycles. The number of nitrogens with zero attached hydrogens (tertiary/aromatic N) is 3. The van der Waals surface area contributed by atoms with Gasteiger partial charge in [-0.25, -0.2) is 4.98 Å². The van der Waals surface area contributed by atoms with E-state index in [0.717, 1.165) is 22.3 Å². The molecule has 6 nitrogen and oxygen atoms in total. The van der Waals surface area contributed by atoms with Crippen molar-refractivity contribution < 1.29 is 4.79 Å². The van der Waals surface area contributed by atoms with Gasteiger partial charge in [-0.1, -0.05) is 24.3 Å². The lowest BCUT2D eigenvalue weighted by Crippen LogP contribution is -2.13. The van der Waals surface area contributed by atoms with E-state index in [9.17, 15) is 4.79 Å². The molecule has 0 aliphatic heterocycles. The number of hydrogen-bond donors (Lipinski definition) is 2. The summed E-state index contributed by atoms with van der Waals surface area (Å²) in [4.78, 5) is 20.4. The Morgan fingerprint density at radius 3 is 2.64 bits per heavy atom. The number of benzene rings is 2. The van der Waals surface area contributed by atoms with E-state index in [1.54, 1.807) is 10.7 Å². The molecular formula is C19H17N5O. The molecule has 0 aliphatic rings. The van der Waals surface area contributed by atoms with Crippen molar-refractivity contribution >= 4 is 22.6 Å². The Labute approximate surface area is 144 Å². The number of nitrogens with one attached hydrogen (secondary N) is 2. The first-order valence-corrected chi connectivity index (χ1v) is 7.98. The largest absolute Gasteiger partial charge is 0.338 e. The van der Waals surface area contributed by atoms with E-state index in [1.165, 1.54) is 0 Å². The second-order valence-corrected chi connectivity index (χ2v) is 5.90. The van der Waals surface area contributed by atoms with Crippen LogP contribution in [-0.2, 0) is 7.05 Å². The number of fused-ring (bicyclic) bond motifs is 1. The fourth-order valence-corrected chi connectivity index (χ4v) is 2.74. The SMILES string of the molecule is Cc1cc(C(=O)Nc2ccccc2-c2nc3ccccc3[nH]2)nn1C. The Balaban J connectivity index is 1.70. The summed E-state index contributed by atoms with van der Waals surface area (Å²) in [6, 6.07) is 17.2. The van der Waals surface area contributed by atoms with Crippen molar-refractivity contribution in [3.05, 3.63) is 66.0 Å². The standard InChI is InChI=1S/C19H17N5O/c1-12-11-17(23-24(12)2)19(25)22-14-8-4-3-7-13(14)18-20-15-9-5-6-10-16(15)21-18/h3-11H,1-2H3,(H,20,21)(H,22,25). The highest BCUT2D eigenvalue weighted by Crippen LogP contribution is 2.27. The van der Waals surface area contributed by atoms with Gasteiger partial charge in [0.15, 0.2) is 5.69 Å². The molecule has 0 saturated carbocycles. The number of rotatable bonds is 3. The third kappa shape index (κ3) is 2.78. The van der Waals surface area contributed by atoms with Crippen LogP contribution in [0.15, 0.2) is 54.6 Å². The molecule has 0 aliphatic carbocycles. The van der Waals surface area contributed by atoms with Crippen LogP contribution in [0.2, 0.25) is 0 Å². The van der Waals surface area contributed by atoms with Crippen LogP contribution >= 0.6 is 0 Å². The number of carbonyl (C=O) groups excluding carboxylic acids is 1. The van der Waals surface area contributed by atoms with E-state index in [0.29, 0.717) is 17.2 Å². The van der Waals surface area contributed by atoms with Crippen LogP contribution in [0.3, 0.4) is 0 Å². The molecule has 2 aromatic carbocycles. The number of aromatic nitrogens is 4. The van der Waals surface area contributed by atoms with E-state index < -0.39 is 0 Å². The number of amides is 1. The molecule has 0 atom stereocenters. The minimum atomic E-state index is -0.243. The number of para-hydroxylation sites is 3. The van der Waals surface area contributed by atoms with Gasteiger partial charge in [-0.15, -0.1) is 0 Å². The Bertz CT molecular complexity index is 1020. The number of aryl methyl sites for hydroxylation is 2. The summed E-state index contributed by atoms with van der Waals surface area (Å²) in [5, 5.41) is 7.16. The van der Waals surface area contributed by atoms with E-state index in [1.807, 2.05) is 62.5 Å². The Kier molecular flexibility index (Phi) is 3.57. The average Bonchev–Trinajstić information content (AvgIpc) is 3.19. The lowest BCUT2D eigenvalue weighted by molar-refractivity contribution is 0.102. The molecule has 0 unspecified atom stereocenters. The molecule has 1 amide bonds. The van der Waals surface area contributed by atoms with E-state index >= 15 is 0 Å². The molecule has 2 heterocycles. The Morgan fingerprint density at radius 1 is 1.12 bits per heavy atom. The third-order valence-corrected chi connectivity index (χ3v) is 4.17. The number of carbonyl (C=O) groups is 1. The summed E-state index contributed by atoms with van der Waals surface area (Å²) in [6.07, 6.45) is 0. The van der Waals surface area contributed by atoms with Gasteiger partial charge in [0.05, 0.1) is 16.7 Å². The third-order valence-electron chi connectivity index (χ3n) is 4.17. The summed E-state index contributed by atoms with van der Waals surface area (Å²) in [6.45, 7) is 1.91. The first-order chi connectivity index (χ1) is 12.1. The predicted molar refractivity (Wildman–Crippen MR) is 97.4 cm³/mol. The van der Waals surface area contributed by atoms with Crippen molar-refractivity contribution in [2.75, 3.05) is 5.32 Å². The molecule has 0 fully saturated rings. The van der Waals surface area contributed by atoms with Gasteiger partial charge >= 0.3 is 0 Å². The van der Waals surface area contributed by atoms with Gasteiger partial charge in [-0.05, 0) is 37.3 Å². The molecule has 2 N–H and O–H groups in total. The highest BCUT2D eigenvalue weighted by molar-refractivity contribution is 6.05. The summed E-state index contributed by atoms with van der Waals surface area (Å²) in [7, 11) is 1.81. The predicted octanol–water partition coefficient (Wildman–Crippen LogP) is 3.52. The second kappa shape index (κ2) is 5.90. The molecule has 4 rings (SSSR count). The Morgan fingerprint density at radius 2 is 1.88 bits per heavy atom. The van der Waals surface area contributed by atoms with Crippen LogP contribution in [0, 0.1) is 6.92 Å². The maximum atomic E-state index is 12.5. The van der Waals surface area contributed by atoms with Gasteiger partial charge in [0.25, 0.3) is 5.91 Å². The lowest BCUT2D eigenvalue weighted by atomic mass is 10.1. The first-order valence-electron chi connectivity index (χ1n) is 7.98. The van der Waals surface area contributed by atoms with Crippen molar-refractivity contribution in [2.45, 2.75) is 6.92 Å². The zero-order valence-corrected chi connectivity index (χ0v) is 13.9. The average molecular weight is 331 g/mol. The zero-order chi connectivity index (χ0) is 17.4. The van der Waals surface area contributed by atoms with Gasteiger partial charge < -0.3 is 10.3 Å².